The van der Waals surface area contributed by atoms with Gasteiger partial charge in [0.2, 0.25) is 0 Å². The van der Waals surface area contributed by atoms with Gasteiger partial charge in [-0.1, -0.05) is 77.9 Å². The van der Waals surface area contributed by atoms with Crippen molar-refractivity contribution in [2.75, 3.05) is 7.05 Å². The lowest BCUT2D eigenvalue weighted by Gasteiger charge is -2.37. The molecule has 3 nitrogen and oxygen atoms in total. The summed E-state index contributed by atoms with van der Waals surface area (Å²) in [6.45, 7) is 6.43. The van der Waals surface area contributed by atoms with Gasteiger partial charge in [-0.25, -0.2) is 0 Å². The summed E-state index contributed by atoms with van der Waals surface area (Å²) in [5.41, 5.74) is 6.92. The smallest absolute Gasteiger partial charge is 0.136 e. The zero-order valence-electron chi connectivity index (χ0n) is 18.7. The van der Waals surface area contributed by atoms with Gasteiger partial charge in [-0.3, -0.25) is 4.90 Å². The SMILES string of the molecule is Cc1ccc(C2(c3ccc(C)cc3)O[C@@H](C)N(C)[C@H]2Cc2c[nH]c3ccccc23)cc1. The fraction of sp³-hybridized carbons (Fsp3) is 0.286. The van der Waals surface area contributed by atoms with Gasteiger partial charge in [0.15, 0.2) is 0 Å². The molecule has 0 bridgehead atoms. The number of nitrogens with zero attached hydrogens (tertiary/aromatic N) is 1. The number of ether oxygens (including phenoxy) is 1. The Balaban J connectivity index is 1.68. The van der Waals surface area contributed by atoms with E-state index in [-0.39, 0.29) is 12.3 Å². The molecule has 1 N–H and O–H groups in total. The Morgan fingerprint density at radius 1 is 0.871 bits per heavy atom. The minimum atomic E-state index is -0.534. The van der Waals surface area contributed by atoms with Gasteiger partial charge in [0.25, 0.3) is 0 Å². The van der Waals surface area contributed by atoms with Crippen LogP contribution in [0.5, 0.6) is 0 Å². The summed E-state index contributed by atoms with van der Waals surface area (Å²) in [5, 5.41) is 1.29. The Hall–Kier alpha value is -2.88. The molecule has 2 heterocycles. The van der Waals surface area contributed by atoms with Crippen LogP contribution in [-0.4, -0.2) is 29.2 Å². The Kier molecular flexibility index (Phi) is 4.96. The van der Waals surface area contributed by atoms with E-state index in [2.05, 4.69) is 117 Å². The summed E-state index contributed by atoms with van der Waals surface area (Å²) in [6.07, 6.45) is 3.07. The van der Waals surface area contributed by atoms with E-state index in [4.69, 9.17) is 4.74 Å². The van der Waals surface area contributed by atoms with Gasteiger partial charge in [-0.05, 0) is 57.0 Å². The minimum absolute atomic E-state index is 0.0119. The molecule has 0 radical (unpaired) electrons. The zero-order chi connectivity index (χ0) is 21.6. The summed E-state index contributed by atoms with van der Waals surface area (Å²) in [6, 6.07) is 26.4. The first-order valence-electron chi connectivity index (χ1n) is 11.1. The molecule has 0 saturated carbocycles. The number of aromatic amines is 1. The van der Waals surface area contributed by atoms with Gasteiger partial charge in [0.1, 0.15) is 11.8 Å². The highest BCUT2D eigenvalue weighted by Gasteiger charge is 2.53. The summed E-state index contributed by atoms with van der Waals surface area (Å²) in [4.78, 5) is 5.84. The summed E-state index contributed by atoms with van der Waals surface area (Å²) < 4.78 is 6.90. The van der Waals surface area contributed by atoms with E-state index in [1.807, 2.05) is 0 Å². The van der Waals surface area contributed by atoms with Gasteiger partial charge < -0.3 is 9.72 Å². The van der Waals surface area contributed by atoms with E-state index in [0.29, 0.717) is 0 Å². The quantitative estimate of drug-likeness (QED) is 0.450. The Labute approximate surface area is 184 Å². The van der Waals surface area contributed by atoms with E-state index in [9.17, 15) is 0 Å². The Bertz CT molecular complexity index is 1140. The molecule has 31 heavy (non-hydrogen) atoms. The van der Waals surface area contributed by atoms with Gasteiger partial charge in [-0.15, -0.1) is 0 Å². The number of fused-ring (bicyclic) bond motifs is 1. The molecule has 3 heteroatoms. The second-order valence-corrected chi connectivity index (χ2v) is 8.93. The molecule has 0 amide bonds. The zero-order valence-corrected chi connectivity index (χ0v) is 18.7. The van der Waals surface area contributed by atoms with Crippen molar-refractivity contribution in [2.24, 2.45) is 0 Å². The maximum Gasteiger partial charge on any atom is 0.136 e. The van der Waals surface area contributed by atoms with Gasteiger partial charge in [-0.2, -0.15) is 0 Å². The maximum atomic E-state index is 6.90. The number of hydrogen-bond donors (Lipinski definition) is 1. The predicted molar refractivity (Wildman–Crippen MR) is 127 cm³/mol. The number of para-hydroxylation sites is 1. The first-order chi connectivity index (χ1) is 15.0. The average Bonchev–Trinajstić information content (AvgIpc) is 3.30. The summed E-state index contributed by atoms with van der Waals surface area (Å²) >= 11 is 0. The van der Waals surface area contributed by atoms with E-state index in [1.165, 1.54) is 38.7 Å². The van der Waals surface area contributed by atoms with Crippen molar-refractivity contribution in [3.05, 3.63) is 107 Å². The van der Waals surface area contributed by atoms with Crippen molar-refractivity contribution in [3.8, 4) is 0 Å². The van der Waals surface area contributed by atoms with E-state index in [0.717, 1.165) is 6.42 Å². The number of aryl methyl sites for hydroxylation is 2. The van der Waals surface area contributed by atoms with Crippen LogP contribution >= 0.6 is 0 Å². The van der Waals surface area contributed by atoms with Crippen molar-refractivity contribution < 1.29 is 4.74 Å². The molecule has 1 saturated heterocycles. The van der Waals surface area contributed by atoms with Crippen LogP contribution in [0.15, 0.2) is 79.0 Å². The van der Waals surface area contributed by atoms with Crippen molar-refractivity contribution >= 4 is 10.9 Å². The summed E-state index contributed by atoms with van der Waals surface area (Å²) in [5.74, 6) is 0. The van der Waals surface area contributed by atoms with E-state index >= 15 is 0 Å². The largest absolute Gasteiger partial charge is 0.361 e. The highest BCUT2D eigenvalue weighted by Crippen LogP contribution is 2.47. The van der Waals surface area contributed by atoms with Crippen molar-refractivity contribution in [1.29, 1.82) is 0 Å². The molecule has 1 fully saturated rings. The molecule has 2 atom stereocenters. The number of rotatable bonds is 4. The highest BCUT2D eigenvalue weighted by atomic mass is 16.5. The summed E-state index contributed by atoms with van der Waals surface area (Å²) in [7, 11) is 2.19. The van der Waals surface area contributed by atoms with Crippen LogP contribution in [0.2, 0.25) is 0 Å². The van der Waals surface area contributed by atoms with Crippen LogP contribution in [0.1, 0.15) is 34.7 Å². The number of H-pyrrole nitrogens is 1. The molecule has 1 aliphatic heterocycles. The normalized spacial score (nSPS) is 21.0. The molecule has 5 rings (SSSR count). The highest BCUT2D eigenvalue weighted by molar-refractivity contribution is 5.83. The Morgan fingerprint density at radius 2 is 1.45 bits per heavy atom. The lowest BCUT2D eigenvalue weighted by Crippen LogP contribution is -2.44. The van der Waals surface area contributed by atoms with Gasteiger partial charge >= 0.3 is 0 Å². The molecule has 158 valence electrons. The minimum Gasteiger partial charge on any atom is -0.361 e. The molecular formula is C28H30N2O. The molecular weight excluding hydrogens is 380 g/mol. The second-order valence-electron chi connectivity index (χ2n) is 8.93. The number of nitrogens with one attached hydrogen (secondary N) is 1. The van der Waals surface area contributed by atoms with Gasteiger partial charge in [0, 0.05) is 17.1 Å². The number of likely N-dealkylation sites (N-methyl/N-ethyl adjacent to an activating group) is 1. The van der Waals surface area contributed by atoms with Crippen molar-refractivity contribution in [3.63, 3.8) is 0 Å². The predicted octanol–water partition coefficient (Wildman–Crippen LogP) is 5.95. The molecule has 0 spiro atoms. The fourth-order valence-corrected chi connectivity index (χ4v) is 5.06. The lowest BCUT2D eigenvalue weighted by atomic mass is 9.77. The van der Waals surface area contributed by atoms with Crippen LogP contribution in [0.25, 0.3) is 10.9 Å². The molecule has 0 unspecified atom stereocenters. The van der Waals surface area contributed by atoms with Gasteiger partial charge in [0.05, 0.1) is 6.04 Å². The molecule has 1 aliphatic rings. The number of benzene rings is 3. The average molecular weight is 411 g/mol. The maximum absolute atomic E-state index is 6.90. The standard InChI is InChI=1S/C28H30N2O/c1-19-9-13-23(14-10-19)28(24-15-11-20(2)12-16-24)27(30(4)21(3)31-28)17-22-18-29-26-8-6-5-7-25(22)26/h5-16,18,21,27,29H,17H2,1-4H3/t21-,27-/m0/s1. The van der Waals surface area contributed by atoms with Crippen molar-refractivity contribution in [1.82, 2.24) is 9.88 Å². The first kappa shape index (κ1) is 20.0. The molecule has 3 aromatic carbocycles. The third-order valence-corrected chi connectivity index (χ3v) is 6.94. The van der Waals surface area contributed by atoms with E-state index in [1.54, 1.807) is 0 Å². The molecule has 0 aliphatic carbocycles. The lowest BCUT2D eigenvalue weighted by molar-refractivity contribution is -0.0276. The topological polar surface area (TPSA) is 28.3 Å². The third-order valence-electron chi connectivity index (χ3n) is 6.94. The van der Waals surface area contributed by atoms with Crippen LogP contribution in [0, 0.1) is 13.8 Å². The number of aromatic nitrogens is 1. The first-order valence-corrected chi connectivity index (χ1v) is 11.1. The number of hydrogen-bond acceptors (Lipinski definition) is 2. The Morgan fingerprint density at radius 3 is 2.06 bits per heavy atom. The second kappa shape index (κ2) is 7.67. The van der Waals surface area contributed by atoms with Crippen LogP contribution in [-0.2, 0) is 16.8 Å². The van der Waals surface area contributed by atoms with Crippen molar-refractivity contribution in [2.45, 2.75) is 45.1 Å². The molecule has 1 aromatic heterocycles. The monoisotopic (exact) mass is 410 g/mol. The van der Waals surface area contributed by atoms with Crippen LogP contribution in [0.4, 0.5) is 0 Å². The third kappa shape index (κ3) is 3.29. The molecule has 4 aromatic rings. The van der Waals surface area contributed by atoms with Crippen LogP contribution < -0.4 is 0 Å². The van der Waals surface area contributed by atoms with E-state index < -0.39 is 5.60 Å². The fourth-order valence-electron chi connectivity index (χ4n) is 5.06. The van der Waals surface area contributed by atoms with Crippen LogP contribution in [0.3, 0.4) is 0 Å².